The van der Waals surface area contributed by atoms with Gasteiger partial charge in [-0.25, -0.2) is 8.42 Å². The molecule has 2 aromatic rings. The SMILES string of the molecule is Cc1ccc2cccc(S(=O)(=O)N3CCCSCC3CN3CCOCC3)c2n1. The standard InChI is InChI=1S/C20H27N3O3S2/c1-16-6-7-17-4-2-5-19(20(17)21-16)28(24,25)23-8-3-13-27-15-18(23)14-22-9-11-26-12-10-22/h2,4-7,18H,3,8-15H2,1H3. The second kappa shape index (κ2) is 8.67. The van der Waals surface area contributed by atoms with Gasteiger partial charge in [-0.3, -0.25) is 9.88 Å². The average molecular weight is 422 g/mol. The number of aromatic nitrogens is 1. The van der Waals surface area contributed by atoms with E-state index in [0.29, 0.717) is 17.0 Å². The van der Waals surface area contributed by atoms with Crippen LogP contribution in [0.25, 0.3) is 10.9 Å². The number of hydrogen-bond donors (Lipinski definition) is 0. The van der Waals surface area contributed by atoms with Crippen LogP contribution in [0.15, 0.2) is 35.2 Å². The molecule has 0 N–H and O–H groups in total. The molecule has 2 aliphatic heterocycles. The molecule has 0 amide bonds. The molecule has 2 saturated heterocycles. The van der Waals surface area contributed by atoms with Crippen molar-refractivity contribution in [3.63, 3.8) is 0 Å². The van der Waals surface area contributed by atoms with Gasteiger partial charge in [0.2, 0.25) is 10.0 Å². The maximum atomic E-state index is 13.8. The minimum Gasteiger partial charge on any atom is -0.379 e. The molecule has 28 heavy (non-hydrogen) atoms. The van der Waals surface area contributed by atoms with E-state index in [1.807, 2.05) is 43.0 Å². The van der Waals surface area contributed by atoms with Gasteiger partial charge in [-0.1, -0.05) is 18.2 Å². The fourth-order valence-corrected chi connectivity index (χ4v) is 6.87. The zero-order valence-electron chi connectivity index (χ0n) is 16.2. The van der Waals surface area contributed by atoms with Gasteiger partial charge < -0.3 is 4.74 Å². The van der Waals surface area contributed by atoms with E-state index in [9.17, 15) is 8.42 Å². The Balaban J connectivity index is 1.70. The molecule has 1 aromatic carbocycles. The number of aryl methyl sites for hydroxylation is 1. The highest BCUT2D eigenvalue weighted by Gasteiger charge is 2.35. The summed E-state index contributed by atoms with van der Waals surface area (Å²) in [7, 11) is -3.63. The molecule has 2 fully saturated rings. The van der Waals surface area contributed by atoms with Crippen molar-refractivity contribution in [3.05, 3.63) is 36.0 Å². The smallest absolute Gasteiger partial charge is 0.245 e. The van der Waals surface area contributed by atoms with Gasteiger partial charge in [0.05, 0.1) is 18.7 Å². The summed E-state index contributed by atoms with van der Waals surface area (Å²) >= 11 is 1.85. The Morgan fingerprint density at radius 1 is 1.18 bits per heavy atom. The van der Waals surface area contributed by atoms with Crippen molar-refractivity contribution in [3.8, 4) is 0 Å². The van der Waals surface area contributed by atoms with Crippen molar-refractivity contribution in [2.45, 2.75) is 24.3 Å². The van der Waals surface area contributed by atoms with E-state index in [1.54, 1.807) is 10.4 Å². The molecule has 0 saturated carbocycles. The Kier molecular flexibility index (Phi) is 6.22. The van der Waals surface area contributed by atoms with Gasteiger partial charge in [-0.15, -0.1) is 0 Å². The maximum absolute atomic E-state index is 13.8. The van der Waals surface area contributed by atoms with Gasteiger partial charge in [0, 0.05) is 49.1 Å². The number of morpholine rings is 1. The summed E-state index contributed by atoms with van der Waals surface area (Å²) in [5.41, 5.74) is 1.40. The van der Waals surface area contributed by atoms with Crippen LogP contribution in [0.4, 0.5) is 0 Å². The summed E-state index contributed by atoms with van der Waals surface area (Å²) in [5, 5.41) is 0.862. The van der Waals surface area contributed by atoms with Crippen LogP contribution in [0.2, 0.25) is 0 Å². The van der Waals surface area contributed by atoms with E-state index in [-0.39, 0.29) is 6.04 Å². The highest BCUT2D eigenvalue weighted by atomic mass is 32.2. The fourth-order valence-electron chi connectivity index (χ4n) is 3.90. The lowest BCUT2D eigenvalue weighted by Crippen LogP contribution is -2.50. The molecule has 1 unspecified atom stereocenters. The van der Waals surface area contributed by atoms with Crippen LogP contribution in [0.3, 0.4) is 0 Å². The first-order chi connectivity index (χ1) is 13.6. The molecule has 6 nitrogen and oxygen atoms in total. The van der Waals surface area contributed by atoms with Crippen LogP contribution in [-0.4, -0.2) is 79.5 Å². The lowest BCUT2D eigenvalue weighted by molar-refractivity contribution is 0.0309. The third-order valence-corrected chi connectivity index (χ3v) is 8.55. The summed E-state index contributed by atoms with van der Waals surface area (Å²) in [4.78, 5) is 7.22. The lowest BCUT2D eigenvalue weighted by atomic mass is 10.2. The van der Waals surface area contributed by atoms with Crippen molar-refractivity contribution in [2.24, 2.45) is 0 Å². The summed E-state index contributed by atoms with van der Waals surface area (Å²) < 4.78 is 34.7. The van der Waals surface area contributed by atoms with Crippen molar-refractivity contribution in [1.82, 2.24) is 14.2 Å². The first-order valence-corrected chi connectivity index (χ1v) is 12.4. The van der Waals surface area contributed by atoms with E-state index in [1.165, 1.54) is 0 Å². The monoisotopic (exact) mass is 421 g/mol. The second-order valence-electron chi connectivity index (χ2n) is 7.39. The van der Waals surface area contributed by atoms with Crippen molar-refractivity contribution in [2.75, 3.05) is 50.9 Å². The minimum atomic E-state index is -3.63. The Bertz CT molecular complexity index is 929. The number of nitrogens with zero attached hydrogens (tertiary/aromatic N) is 3. The van der Waals surface area contributed by atoms with Crippen molar-refractivity contribution in [1.29, 1.82) is 0 Å². The predicted molar refractivity (Wildman–Crippen MR) is 113 cm³/mol. The highest BCUT2D eigenvalue weighted by molar-refractivity contribution is 7.99. The molecular formula is C20H27N3O3S2. The van der Waals surface area contributed by atoms with Gasteiger partial charge in [0.25, 0.3) is 0 Å². The van der Waals surface area contributed by atoms with Crippen LogP contribution < -0.4 is 0 Å². The number of ether oxygens (including phenoxy) is 1. The summed E-state index contributed by atoms with van der Waals surface area (Å²) in [6.07, 6.45) is 0.876. The summed E-state index contributed by atoms with van der Waals surface area (Å²) in [5.74, 6) is 1.83. The number of hydrogen-bond acceptors (Lipinski definition) is 6. The number of pyridine rings is 1. The Labute approximate surface area is 171 Å². The minimum absolute atomic E-state index is 0.0318. The predicted octanol–water partition coefficient (Wildman–Crippen LogP) is 2.37. The molecule has 8 heteroatoms. The zero-order valence-corrected chi connectivity index (χ0v) is 17.8. The molecule has 1 aromatic heterocycles. The number of sulfonamides is 1. The van der Waals surface area contributed by atoms with Gasteiger partial charge in [0.15, 0.2) is 0 Å². The maximum Gasteiger partial charge on any atom is 0.245 e. The fraction of sp³-hybridized carbons (Fsp3) is 0.550. The molecule has 4 rings (SSSR count). The first kappa shape index (κ1) is 20.1. The number of thioether (sulfide) groups is 1. The molecular weight excluding hydrogens is 394 g/mol. The third kappa shape index (κ3) is 4.21. The molecule has 0 spiro atoms. The van der Waals surface area contributed by atoms with E-state index >= 15 is 0 Å². The Morgan fingerprint density at radius 2 is 2.00 bits per heavy atom. The first-order valence-electron chi connectivity index (χ1n) is 9.82. The average Bonchev–Trinajstić information content (AvgIpc) is 2.94. The molecule has 0 aliphatic carbocycles. The van der Waals surface area contributed by atoms with E-state index in [0.717, 1.165) is 61.9 Å². The molecule has 2 aliphatic rings. The van der Waals surface area contributed by atoms with Gasteiger partial charge >= 0.3 is 0 Å². The van der Waals surface area contributed by atoms with Crippen LogP contribution >= 0.6 is 11.8 Å². The van der Waals surface area contributed by atoms with Gasteiger partial charge in [-0.2, -0.15) is 16.1 Å². The Hall–Kier alpha value is -1.19. The van der Waals surface area contributed by atoms with Crippen LogP contribution in [0.1, 0.15) is 12.1 Å². The third-order valence-electron chi connectivity index (χ3n) is 5.37. The van der Waals surface area contributed by atoms with E-state index in [4.69, 9.17) is 4.74 Å². The van der Waals surface area contributed by atoms with Crippen LogP contribution in [0.5, 0.6) is 0 Å². The summed E-state index contributed by atoms with van der Waals surface area (Å²) in [6.45, 7) is 6.39. The van der Waals surface area contributed by atoms with E-state index in [2.05, 4.69) is 9.88 Å². The number of rotatable bonds is 4. The number of fused-ring (bicyclic) bond motifs is 1. The van der Waals surface area contributed by atoms with Gasteiger partial charge in [0.1, 0.15) is 4.90 Å². The normalized spacial score (nSPS) is 23.0. The van der Waals surface area contributed by atoms with Crippen LogP contribution in [0, 0.1) is 6.92 Å². The molecule has 0 bridgehead atoms. The lowest BCUT2D eigenvalue weighted by Gasteiger charge is -2.35. The summed E-state index contributed by atoms with van der Waals surface area (Å²) in [6, 6.07) is 9.27. The largest absolute Gasteiger partial charge is 0.379 e. The molecule has 0 radical (unpaired) electrons. The highest BCUT2D eigenvalue weighted by Crippen LogP contribution is 2.29. The Morgan fingerprint density at radius 3 is 2.82 bits per heavy atom. The molecule has 3 heterocycles. The molecule has 1 atom stereocenters. The topological polar surface area (TPSA) is 62.7 Å². The van der Waals surface area contributed by atoms with Crippen LogP contribution in [-0.2, 0) is 14.8 Å². The second-order valence-corrected chi connectivity index (χ2v) is 10.4. The zero-order chi connectivity index (χ0) is 19.6. The number of benzene rings is 1. The van der Waals surface area contributed by atoms with Crippen molar-refractivity contribution >= 4 is 32.7 Å². The molecule has 152 valence electrons. The quantitative estimate of drug-likeness (QED) is 0.755. The van der Waals surface area contributed by atoms with Gasteiger partial charge in [-0.05, 0) is 31.2 Å². The van der Waals surface area contributed by atoms with E-state index < -0.39 is 10.0 Å². The van der Waals surface area contributed by atoms with Crippen molar-refractivity contribution < 1.29 is 13.2 Å². The number of para-hydroxylation sites is 1.